The van der Waals surface area contributed by atoms with E-state index in [2.05, 4.69) is 16.0 Å². The molecule has 0 atom stereocenters. The van der Waals surface area contributed by atoms with Crippen molar-refractivity contribution in [3.63, 3.8) is 0 Å². The van der Waals surface area contributed by atoms with Crippen molar-refractivity contribution in [1.82, 2.24) is 10.0 Å². The number of hydrogen-bond donors (Lipinski definition) is 2. The molecule has 0 bridgehead atoms. The number of carbonyl (C=O) groups excluding carboxylic acids is 1. The van der Waals surface area contributed by atoms with Gasteiger partial charge in [0.2, 0.25) is 10.0 Å². The number of carbonyl (C=O) groups is 1. The van der Waals surface area contributed by atoms with Gasteiger partial charge in [0.15, 0.2) is 0 Å². The van der Waals surface area contributed by atoms with Crippen molar-refractivity contribution in [3.8, 4) is 18.1 Å². The number of rotatable bonds is 8. The van der Waals surface area contributed by atoms with Crippen LogP contribution in [0.5, 0.6) is 5.75 Å². The first kappa shape index (κ1) is 19.5. The van der Waals surface area contributed by atoms with E-state index in [1.54, 1.807) is 0 Å². The van der Waals surface area contributed by atoms with Crippen molar-refractivity contribution in [2.75, 3.05) is 19.7 Å². The van der Waals surface area contributed by atoms with E-state index in [1.807, 2.05) is 31.2 Å². The first-order valence-corrected chi connectivity index (χ1v) is 9.41. The van der Waals surface area contributed by atoms with Crippen molar-refractivity contribution < 1.29 is 17.9 Å². The monoisotopic (exact) mass is 372 g/mol. The highest BCUT2D eigenvalue weighted by Gasteiger charge is 2.13. The summed E-state index contributed by atoms with van der Waals surface area (Å²) in [5, 5.41) is 2.72. The van der Waals surface area contributed by atoms with Crippen molar-refractivity contribution >= 4 is 15.9 Å². The summed E-state index contributed by atoms with van der Waals surface area (Å²) in [6.45, 7) is 2.54. The van der Waals surface area contributed by atoms with Crippen LogP contribution in [0.25, 0.3) is 0 Å². The second kappa shape index (κ2) is 9.04. The van der Waals surface area contributed by atoms with Crippen molar-refractivity contribution in [2.24, 2.45) is 0 Å². The molecule has 136 valence electrons. The maximum atomic E-state index is 12.1. The fourth-order valence-corrected chi connectivity index (χ4v) is 3.08. The van der Waals surface area contributed by atoms with Crippen molar-refractivity contribution in [1.29, 1.82) is 0 Å². The predicted molar refractivity (Wildman–Crippen MR) is 99.5 cm³/mol. The van der Waals surface area contributed by atoms with Crippen LogP contribution in [-0.2, 0) is 10.0 Å². The van der Waals surface area contributed by atoms with Crippen LogP contribution in [0.15, 0.2) is 53.4 Å². The molecule has 0 saturated carbocycles. The van der Waals surface area contributed by atoms with Crippen LogP contribution in [0.2, 0.25) is 0 Å². The molecule has 2 aromatic carbocycles. The Morgan fingerprint density at radius 3 is 2.58 bits per heavy atom. The molecule has 26 heavy (non-hydrogen) atoms. The Kier molecular flexibility index (Phi) is 6.78. The highest BCUT2D eigenvalue weighted by atomic mass is 32.2. The normalized spacial score (nSPS) is 10.8. The minimum atomic E-state index is -3.66. The largest absolute Gasteiger partial charge is 0.492 e. The molecule has 0 aliphatic heterocycles. The van der Waals surface area contributed by atoms with E-state index in [1.165, 1.54) is 24.3 Å². The predicted octanol–water partition coefficient (Wildman–Crippen LogP) is 1.72. The lowest BCUT2D eigenvalue weighted by Gasteiger charge is -2.09. The lowest BCUT2D eigenvalue weighted by molar-refractivity contribution is 0.0947. The molecule has 0 aromatic heterocycles. The van der Waals surface area contributed by atoms with E-state index < -0.39 is 10.0 Å². The zero-order chi connectivity index (χ0) is 19.0. The van der Waals surface area contributed by atoms with Gasteiger partial charge in [-0.1, -0.05) is 18.1 Å². The number of hydrogen-bond acceptors (Lipinski definition) is 4. The molecule has 0 aliphatic rings. The van der Waals surface area contributed by atoms with E-state index >= 15 is 0 Å². The molecular weight excluding hydrogens is 352 g/mol. The zero-order valence-electron chi connectivity index (χ0n) is 14.4. The highest BCUT2D eigenvalue weighted by molar-refractivity contribution is 7.89. The summed E-state index contributed by atoms with van der Waals surface area (Å²) < 4.78 is 31.6. The molecule has 1 amide bonds. The minimum Gasteiger partial charge on any atom is -0.492 e. The van der Waals surface area contributed by atoms with Gasteiger partial charge in [0.1, 0.15) is 12.4 Å². The van der Waals surface area contributed by atoms with Crippen molar-refractivity contribution in [2.45, 2.75) is 11.8 Å². The number of amides is 1. The molecule has 2 rings (SSSR count). The molecule has 7 heteroatoms. The van der Waals surface area contributed by atoms with Crippen LogP contribution in [0.4, 0.5) is 0 Å². The molecule has 0 radical (unpaired) electrons. The highest BCUT2D eigenvalue weighted by Crippen LogP contribution is 2.12. The van der Waals surface area contributed by atoms with E-state index in [0.717, 1.165) is 11.3 Å². The molecule has 0 fully saturated rings. The number of ether oxygens (including phenoxy) is 1. The average molecular weight is 372 g/mol. The second-order valence-corrected chi connectivity index (χ2v) is 7.24. The summed E-state index contributed by atoms with van der Waals surface area (Å²) >= 11 is 0. The fraction of sp³-hybridized carbons (Fsp3) is 0.211. The van der Waals surface area contributed by atoms with Crippen molar-refractivity contribution in [3.05, 3.63) is 59.7 Å². The number of benzene rings is 2. The van der Waals surface area contributed by atoms with Crippen LogP contribution >= 0.6 is 0 Å². The number of aryl methyl sites for hydroxylation is 1. The topological polar surface area (TPSA) is 84.5 Å². The quantitative estimate of drug-likeness (QED) is 0.546. The molecule has 0 aliphatic carbocycles. The van der Waals surface area contributed by atoms with Gasteiger partial charge in [-0.25, -0.2) is 8.42 Å². The van der Waals surface area contributed by atoms with Gasteiger partial charge in [-0.2, -0.15) is 4.72 Å². The molecular formula is C19H20N2O4S. The first-order chi connectivity index (χ1) is 12.4. The molecule has 0 saturated heterocycles. The van der Waals surface area contributed by atoms with E-state index in [0.29, 0.717) is 18.7 Å². The van der Waals surface area contributed by atoms with Crippen LogP contribution in [0.3, 0.4) is 0 Å². The van der Waals surface area contributed by atoms with Gasteiger partial charge in [0.25, 0.3) is 5.91 Å². The Hall–Kier alpha value is -2.82. The summed E-state index contributed by atoms with van der Waals surface area (Å²) in [6, 6.07) is 13.2. The molecule has 2 aromatic rings. The molecule has 2 N–H and O–H groups in total. The molecule has 0 unspecified atom stereocenters. The SMILES string of the molecule is C#CCNS(=O)(=O)c1ccc(C(=O)NCCOc2cccc(C)c2)cc1. The third-order valence-electron chi connectivity index (χ3n) is 3.44. The Labute approximate surface area is 153 Å². The van der Waals surface area contributed by atoms with Crippen LogP contribution in [0, 0.1) is 19.3 Å². The molecule has 0 spiro atoms. The van der Waals surface area contributed by atoms with E-state index in [-0.39, 0.29) is 17.3 Å². The molecule has 6 nitrogen and oxygen atoms in total. The maximum absolute atomic E-state index is 12.1. The number of nitrogens with one attached hydrogen (secondary N) is 2. The Morgan fingerprint density at radius 1 is 1.19 bits per heavy atom. The van der Waals surface area contributed by atoms with Crippen LogP contribution in [-0.4, -0.2) is 34.0 Å². The maximum Gasteiger partial charge on any atom is 0.251 e. The van der Waals surface area contributed by atoms with E-state index in [4.69, 9.17) is 11.2 Å². The van der Waals surface area contributed by atoms with Gasteiger partial charge in [0, 0.05) is 5.56 Å². The first-order valence-electron chi connectivity index (χ1n) is 7.93. The summed E-state index contributed by atoms with van der Waals surface area (Å²) in [4.78, 5) is 12.1. The lowest BCUT2D eigenvalue weighted by atomic mass is 10.2. The second-order valence-electron chi connectivity index (χ2n) is 5.47. The Balaban J connectivity index is 1.85. The Morgan fingerprint density at radius 2 is 1.92 bits per heavy atom. The standard InChI is InChI=1S/C19H20N2O4S/c1-3-11-21-26(23,24)18-9-7-16(8-10-18)19(22)20-12-13-25-17-6-4-5-15(2)14-17/h1,4-10,14,21H,11-13H2,2H3,(H,20,22). The summed E-state index contributed by atoms with van der Waals surface area (Å²) in [7, 11) is -3.66. The smallest absolute Gasteiger partial charge is 0.251 e. The summed E-state index contributed by atoms with van der Waals surface area (Å²) in [6.07, 6.45) is 5.04. The Bertz CT molecular complexity index is 900. The fourth-order valence-electron chi connectivity index (χ4n) is 2.15. The van der Waals surface area contributed by atoms with Crippen LogP contribution in [0.1, 0.15) is 15.9 Å². The zero-order valence-corrected chi connectivity index (χ0v) is 15.2. The third kappa shape index (κ3) is 5.62. The summed E-state index contributed by atoms with van der Waals surface area (Å²) in [5.74, 6) is 2.64. The van der Waals surface area contributed by atoms with Gasteiger partial charge < -0.3 is 10.1 Å². The third-order valence-corrected chi connectivity index (χ3v) is 4.85. The van der Waals surface area contributed by atoms with Gasteiger partial charge in [0.05, 0.1) is 18.0 Å². The van der Waals surface area contributed by atoms with Gasteiger partial charge in [-0.05, 0) is 48.9 Å². The minimum absolute atomic E-state index is 0.0482. The van der Waals surface area contributed by atoms with E-state index in [9.17, 15) is 13.2 Å². The van der Waals surface area contributed by atoms with Gasteiger partial charge in [-0.3, -0.25) is 4.79 Å². The lowest BCUT2D eigenvalue weighted by Crippen LogP contribution is -2.28. The molecule has 0 heterocycles. The van der Waals surface area contributed by atoms with Gasteiger partial charge >= 0.3 is 0 Å². The average Bonchev–Trinajstić information content (AvgIpc) is 2.63. The summed E-state index contributed by atoms with van der Waals surface area (Å²) in [5.41, 5.74) is 1.45. The van der Waals surface area contributed by atoms with Crippen LogP contribution < -0.4 is 14.8 Å². The van der Waals surface area contributed by atoms with Gasteiger partial charge in [-0.15, -0.1) is 6.42 Å². The number of sulfonamides is 1. The number of terminal acetylenes is 1.